The summed E-state index contributed by atoms with van der Waals surface area (Å²) >= 11 is 5.98. The van der Waals surface area contributed by atoms with Gasteiger partial charge in [0.05, 0.1) is 10.6 Å². The van der Waals surface area contributed by atoms with E-state index in [-0.39, 0.29) is 34.5 Å². The summed E-state index contributed by atoms with van der Waals surface area (Å²) in [4.78, 5) is 25.1. The van der Waals surface area contributed by atoms with E-state index in [0.29, 0.717) is 11.1 Å². The highest BCUT2D eigenvalue weighted by molar-refractivity contribution is 6.34. The van der Waals surface area contributed by atoms with E-state index in [0.717, 1.165) is 51.6 Å². The molecule has 0 bridgehead atoms. The molecule has 162 valence electrons. The van der Waals surface area contributed by atoms with Crippen LogP contribution in [-0.2, 0) is 4.74 Å². The zero-order valence-corrected chi connectivity index (χ0v) is 18.6. The van der Waals surface area contributed by atoms with Crippen LogP contribution < -0.4 is 5.32 Å². The molecule has 1 saturated heterocycles. The second-order valence-electron chi connectivity index (χ2n) is 8.66. The van der Waals surface area contributed by atoms with Crippen LogP contribution in [0.2, 0.25) is 5.02 Å². The third-order valence-electron chi connectivity index (χ3n) is 5.01. The molecule has 1 aliphatic heterocycles. The van der Waals surface area contributed by atoms with Crippen molar-refractivity contribution < 1.29 is 18.7 Å². The van der Waals surface area contributed by atoms with Crippen molar-refractivity contribution in [1.29, 1.82) is 0 Å². The standard InChI is InChI=1S/C13H15ClFNO.C9H17NO2/c1-8-11(15)7-6-10(12(8)14)13(17)16-9-4-2-3-5-9;1-9(2,3)12-8(11)10-6-4-5-7-10/h6-7,9H,2-5H2,1H3,(H,16,17);4-7H2,1-3H3. The van der Waals surface area contributed by atoms with E-state index in [4.69, 9.17) is 16.3 Å². The topological polar surface area (TPSA) is 58.6 Å². The quantitative estimate of drug-likeness (QED) is 0.681. The Morgan fingerprint density at radius 1 is 1.14 bits per heavy atom. The largest absolute Gasteiger partial charge is 0.444 e. The molecule has 1 heterocycles. The Balaban J connectivity index is 0.000000221. The molecule has 0 unspecified atom stereocenters. The summed E-state index contributed by atoms with van der Waals surface area (Å²) in [6.07, 6.45) is 6.40. The average Bonchev–Trinajstić information content (AvgIpc) is 3.32. The minimum absolute atomic E-state index is 0.167. The van der Waals surface area contributed by atoms with Gasteiger partial charge in [0, 0.05) is 24.7 Å². The Kier molecular flexibility index (Phi) is 8.32. The zero-order valence-electron chi connectivity index (χ0n) is 17.8. The van der Waals surface area contributed by atoms with E-state index in [1.165, 1.54) is 12.1 Å². The van der Waals surface area contributed by atoms with Gasteiger partial charge in [-0.1, -0.05) is 24.4 Å². The van der Waals surface area contributed by atoms with Gasteiger partial charge in [-0.15, -0.1) is 0 Å². The first-order chi connectivity index (χ1) is 13.6. The minimum atomic E-state index is -0.382. The molecule has 7 heteroatoms. The predicted octanol–water partition coefficient (Wildman–Crippen LogP) is 5.48. The van der Waals surface area contributed by atoms with Gasteiger partial charge in [0.1, 0.15) is 11.4 Å². The molecular weight excluding hydrogens is 395 g/mol. The molecule has 2 aliphatic rings. The van der Waals surface area contributed by atoms with Gasteiger partial charge in [-0.25, -0.2) is 9.18 Å². The van der Waals surface area contributed by atoms with Gasteiger partial charge in [0.15, 0.2) is 0 Å². The normalized spacial score (nSPS) is 17.0. The summed E-state index contributed by atoms with van der Waals surface area (Å²) in [5.74, 6) is -0.586. The molecule has 1 aromatic carbocycles. The number of carbonyl (C=O) groups is 2. The van der Waals surface area contributed by atoms with Crippen LogP contribution in [0.4, 0.5) is 9.18 Å². The third kappa shape index (κ3) is 7.18. The Morgan fingerprint density at radius 2 is 1.72 bits per heavy atom. The monoisotopic (exact) mass is 426 g/mol. The lowest BCUT2D eigenvalue weighted by atomic mass is 10.1. The highest BCUT2D eigenvalue weighted by Crippen LogP contribution is 2.24. The second-order valence-corrected chi connectivity index (χ2v) is 9.04. The van der Waals surface area contributed by atoms with E-state index in [1.807, 2.05) is 20.8 Å². The zero-order chi connectivity index (χ0) is 21.6. The highest BCUT2D eigenvalue weighted by Gasteiger charge is 2.24. The van der Waals surface area contributed by atoms with Crippen LogP contribution in [0.5, 0.6) is 0 Å². The Morgan fingerprint density at radius 3 is 2.28 bits per heavy atom. The van der Waals surface area contributed by atoms with Crippen LogP contribution in [0.15, 0.2) is 12.1 Å². The maximum absolute atomic E-state index is 13.2. The van der Waals surface area contributed by atoms with E-state index in [9.17, 15) is 14.0 Å². The predicted molar refractivity (Wildman–Crippen MR) is 113 cm³/mol. The van der Waals surface area contributed by atoms with Crippen molar-refractivity contribution in [2.75, 3.05) is 13.1 Å². The third-order valence-corrected chi connectivity index (χ3v) is 5.50. The fourth-order valence-electron chi connectivity index (χ4n) is 3.40. The van der Waals surface area contributed by atoms with Gasteiger partial charge in [0.25, 0.3) is 5.91 Å². The Hall–Kier alpha value is -1.82. The van der Waals surface area contributed by atoms with Crippen LogP contribution in [0.3, 0.4) is 0 Å². The van der Waals surface area contributed by atoms with Crippen LogP contribution in [0.1, 0.15) is 75.2 Å². The smallest absolute Gasteiger partial charge is 0.410 e. The van der Waals surface area contributed by atoms with Crippen molar-refractivity contribution in [1.82, 2.24) is 10.2 Å². The van der Waals surface area contributed by atoms with E-state index in [1.54, 1.807) is 11.8 Å². The number of ether oxygens (including phenoxy) is 1. The number of halogens is 2. The summed E-state index contributed by atoms with van der Waals surface area (Å²) in [5, 5.41) is 3.15. The minimum Gasteiger partial charge on any atom is -0.444 e. The molecule has 29 heavy (non-hydrogen) atoms. The lowest BCUT2D eigenvalue weighted by Gasteiger charge is -2.23. The molecule has 1 saturated carbocycles. The number of carbonyl (C=O) groups excluding carboxylic acids is 2. The van der Waals surface area contributed by atoms with Gasteiger partial charge in [-0.05, 0) is 65.5 Å². The SMILES string of the molecule is CC(C)(C)OC(=O)N1CCCC1.Cc1c(F)ccc(C(=O)NC2CCCC2)c1Cl. The molecule has 2 fully saturated rings. The molecule has 5 nitrogen and oxygen atoms in total. The van der Waals surface area contributed by atoms with Crippen LogP contribution >= 0.6 is 11.6 Å². The lowest BCUT2D eigenvalue weighted by molar-refractivity contribution is 0.0295. The maximum atomic E-state index is 13.2. The molecule has 2 amide bonds. The molecule has 1 aromatic rings. The fourth-order valence-corrected chi connectivity index (χ4v) is 3.64. The molecule has 0 aromatic heterocycles. The summed E-state index contributed by atoms with van der Waals surface area (Å²) < 4.78 is 18.4. The summed E-state index contributed by atoms with van der Waals surface area (Å²) in [7, 11) is 0. The molecule has 3 rings (SSSR count). The molecule has 1 N–H and O–H groups in total. The van der Waals surface area contributed by atoms with Gasteiger partial charge >= 0.3 is 6.09 Å². The number of hydrogen-bond acceptors (Lipinski definition) is 3. The summed E-state index contributed by atoms with van der Waals surface area (Å²) in [6.45, 7) is 8.96. The molecule has 1 aliphatic carbocycles. The first-order valence-corrected chi connectivity index (χ1v) is 10.7. The number of amides is 2. The van der Waals surface area contributed by atoms with Crippen LogP contribution in [0.25, 0.3) is 0 Å². The molecule has 0 atom stereocenters. The first-order valence-electron chi connectivity index (χ1n) is 10.3. The van der Waals surface area contributed by atoms with E-state index < -0.39 is 0 Å². The van der Waals surface area contributed by atoms with E-state index in [2.05, 4.69) is 5.32 Å². The van der Waals surface area contributed by atoms with Crippen molar-refractivity contribution in [3.63, 3.8) is 0 Å². The average molecular weight is 427 g/mol. The van der Waals surface area contributed by atoms with Crippen molar-refractivity contribution in [2.45, 2.75) is 77.9 Å². The first kappa shape index (κ1) is 23.5. The van der Waals surface area contributed by atoms with Crippen molar-refractivity contribution in [3.8, 4) is 0 Å². The lowest BCUT2D eigenvalue weighted by Crippen LogP contribution is -2.34. The Bertz CT molecular complexity index is 722. The molecule has 0 spiro atoms. The molecule has 0 radical (unpaired) electrons. The highest BCUT2D eigenvalue weighted by atomic mass is 35.5. The number of hydrogen-bond donors (Lipinski definition) is 1. The van der Waals surface area contributed by atoms with Crippen molar-refractivity contribution >= 4 is 23.6 Å². The molecular formula is C22H32ClFN2O3. The van der Waals surface area contributed by atoms with Crippen LogP contribution in [-0.4, -0.2) is 41.6 Å². The van der Waals surface area contributed by atoms with Crippen LogP contribution in [0, 0.1) is 12.7 Å². The number of rotatable bonds is 2. The van der Waals surface area contributed by atoms with Gasteiger partial charge in [0.2, 0.25) is 0 Å². The van der Waals surface area contributed by atoms with Gasteiger partial charge in [-0.2, -0.15) is 0 Å². The number of benzene rings is 1. The van der Waals surface area contributed by atoms with Gasteiger partial charge < -0.3 is 15.0 Å². The van der Waals surface area contributed by atoms with Crippen molar-refractivity contribution in [3.05, 3.63) is 34.1 Å². The van der Waals surface area contributed by atoms with E-state index >= 15 is 0 Å². The summed E-state index contributed by atoms with van der Waals surface area (Å²) in [6, 6.07) is 2.96. The number of likely N-dealkylation sites (tertiary alicyclic amines) is 1. The second kappa shape index (κ2) is 10.3. The fraction of sp³-hybridized carbons (Fsp3) is 0.636. The maximum Gasteiger partial charge on any atom is 0.410 e. The van der Waals surface area contributed by atoms with Gasteiger partial charge in [-0.3, -0.25) is 4.79 Å². The number of nitrogens with one attached hydrogen (secondary N) is 1. The number of nitrogens with zero attached hydrogens (tertiary/aromatic N) is 1. The Labute approximate surface area is 177 Å². The summed E-state index contributed by atoms with van der Waals surface area (Å²) in [5.41, 5.74) is 0.322. The van der Waals surface area contributed by atoms with Crippen molar-refractivity contribution in [2.24, 2.45) is 0 Å².